The first-order valence-electron chi connectivity index (χ1n) is 9.43. The molecule has 0 unspecified atom stereocenters. The summed E-state index contributed by atoms with van der Waals surface area (Å²) in [5.41, 5.74) is 2.43. The number of benzene rings is 2. The number of aromatic nitrogens is 2. The Morgan fingerprint density at radius 3 is 2.57 bits per heavy atom. The molecule has 1 aromatic heterocycles. The van der Waals surface area contributed by atoms with Gasteiger partial charge in [0.1, 0.15) is 11.4 Å². The number of fused-ring (bicyclic) bond motifs is 3. The van der Waals surface area contributed by atoms with Crippen molar-refractivity contribution in [3.8, 4) is 11.4 Å². The number of rotatable bonds is 4. The van der Waals surface area contributed by atoms with Gasteiger partial charge in [-0.3, -0.25) is 4.79 Å². The monoisotopic (exact) mass is 438 g/mol. The summed E-state index contributed by atoms with van der Waals surface area (Å²) >= 11 is 3.53. The standard InChI is InChI=1S/C23H23BrN2O2/c1-22(2,3)28-20(27)12-13-23(16-8-10-17(24)11-9-16)19-7-5-4-6-18(19)21-25-14-15-26(21)23/h4-11,14-15H,12-13H2,1-3H3/t23-/m1/s1. The normalized spacial score (nSPS) is 17.9. The number of hydrogen-bond acceptors (Lipinski definition) is 3. The van der Waals surface area contributed by atoms with Gasteiger partial charge in [0.2, 0.25) is 0 Å². The number of carbonyl (C=O) groups excluding carboxylic acids is 1. The molecule has 0 spiro atoms. The molecule has 0 amide bonds. The van der Waals surface area contributed by atoms with Crippen LogP contribution in [0.3, 0.4) is 0 Å². The predicted molar refractivity (Wildman–Crippen MR) is 113 cm³/mol. The van der Waals surface area contributed by atoms with E-state index in [2.05, 4.69) is 49.7 Å². The Hall–Kier alpha value is -2.40. The van der Waals surface area contributed by atoms with Crippen LogP contribution in [-0.2, 0) is 15.1 Å². The lowest BCUT2D eigenvalue weighted by molar-refractivity contribution is -0.155. The first kappa shape index (κ1) is 18.9. The van der Waals surface area contributed by atoms with Gasteiger partial charge in [-0.2, -0.15) is 0 Å². The zero-order valence-corrected chi connectivity index (χ0v) is 17.9. The molecule has 0 bridgehead atoms. The lowest BCUT2D eigenvalue weighted by Gasteiger charge is -2.34. The third-order valence-electron chi connectivity index (χ3n) is 5.10. The van der Waals surface area contributed by atoms with Crippen molar-refractivity contribution in [3.63, 3.8) is 0 Å². The number of imidazole rings is 1. The van der Waals surface area contributed by atoms with E-state index in [1.54, 1.807) is 0 Å². The van der Waals surface area contributed by atoms with Crippen LogP contribution < -0.4 is 0 Å². The first-order valence-corrected chi connectivity index (χ1v) is 10.2. The molecule has 2 heterocycles. The van der Waals surface area contributed by atoms with Crippen LogP contribution in [0.25, 0.3) is 11.4 Å². The Morgan fingerprint density at radius 2 is 1.86 bits per heavy atom. The van der Waals surface area contributed by atoms with E-state index in [9.17, 15) is 4.79 Å². The molecule has 0 N–H and O–H groups in total. The highest BCUT2D eigenvalue weighted by atomic mass is 79.9. The van der Waals surface area contributed by atoms with Crippen molar-refractivity contribution in [1.29, 1.82) is 0 Å². The SMILES string of the molecule is CC(C)(C)OC(=O)CC[C@@]1(c2ccc(Br)cc2)c2ccccc2-c2nccn21. The number of halogens is 1. The van der Waals surface area contributed by atoms with E-state index < -0.39 is 11.1 Å². The third kappa shape index (κ3) is 3.18. The van der Waals surface area contributed by atoms with Crippen LogP contribution in [0.1, 0.15) is 44.7 Å². The smallest absolute Gasteiger partial charge is 0.306 e. The molecular formula is C23H23BrN2O2. The van der Waals surface area contributed by atoms with Gasteiger partial charge < -0.3 is 9.30 Å². The Labute approximate surface area is 173 Å². The van der Waals surface area contributed by atoms with Crippen LogP contribution in [0.2, 0.25) is 0 Å². The summed E-state index contributed by atoms with van der Waals surface area (Å²) in [7, 11) is 0. The van der Waals surface area contributed by atoms with Crippen LogP contribution in [0.15, 0.2) is 65.4 Å². The molecule has 144 valence electrons. The molecule has 0 fully saturated rings. The molecule has 4 nitrogen and oxygen atoms in total. The lowest BCUT2D eigenvalue weighted by Crippen LogP contribution is -2.34. The summed E-state index contributed by atoms with van der Waals surface area (Å²) in [6.07, 6.45) is 4.75. The summed E-state index contributed by atoms with van der Waals surface area (Å²) < 4.78 is 8.81. The zero-order chi connectivity index (χ0) is 19.9. The van der Waals surface area contributed by atoms with Crippen LogP contribution in [-0.4, -0.2) is 21.1 Å². The summed E-state index contributed by atoms with van der Waals surface area (Å²) in [5.74, 6) is 0.748. The van der Waals surface area contributed by atoms with E-state index in [0.29, 0.717) is 12.8 Å². The number of esters is 1. The Balaban J connectivity index is 1.82. The maximum atomic E-state index is 12.6. The van der Waals surface area contributed by atoms with Gasteiger partial charge in [-0.25, -0.2) is 4.98 Å². The van der Waals surface area contributed by atoms with Crippen molar-refractivity contribution in [2.24, 2.45) is 0 Å². The van der Waals surface area contributed by atoms with Gasteiger partial charge in [-0.1, -0.05) is 52.3 Å². The molecule has 3 aromatic rings. The molecule has 1 aliphatic rings. The largest absolute Gasteiger partial charge is 0.460 e. The number of carbonyl (C=O) groups is 1. The van der Waals surface area contributed by atoms with E-state index in [0.717, 1.165) is 21.4 Å². The van der Waals surface area contributed by atoms with Gasteiger partial charge >= 0.3 is 5.97 Å². The summed E-state index contributed by atoms with van der Waals surface area (Å²) in [6.45, 7) is 5.69. The molecule has 0 aliphatic carbocycles. The molecule has 2 aromatic carbocycles. The Morgan fingerprint density at radius 1 is 1.14 bits per heavy atom. The topological polar surface area (TPSA) is 44.1 Å². The van der Waals surface area contributed by atoms with Crippen LogP contribution in [0.5, 0.6) is 0 Å². The zero-order valence-electron chi connectivity index (χ0n) is 16.3. The van der Waals surface area contributed by atoms with Crippen molar-refractivity contribution in [2.45, 2.75) is 44.8 Å². The molecule has 0 radical (unpaired) electrons. The van der Waals surface area contributed by atoms with Crippen LogP contribution in [0, 0.1) is 0 Å². The minimum atomic E-state index is -0.490. The van der Waals surface area contributed by atoms with Crippen molar-refractivity contribution < 1.29 is 9.53 Å². The fourth-order valence-electron chi connectivity index (χ4n) is 4.07. The van der Waals surface area contributed by atoms with Crippen molar-refractivity contribution >= 4 is 21.9 Å². The minimum Gasteiger partial charge on any atom is -0.460 e. The number of hydrogen-bond donors (Lipinski definition) is 0. The van der Waals surface area contributed by atoms with E-state index in [1.807, 2.05) is 57.4 Å². The second-order valence-electron chi connectivity index (χ2n) is 8.12. The van der Waals surface area contributed by atoms with Gasteiger partial charge in [0.15, 0.2) is 0 Å². The second-order valence-corrected chi connectivity index (χ2v) is 9.04. The van der Waals surface area contributed by atoms with Gasteiger partial charge in [-0.15, -0.1) is 0 Å². The first-order chi connectivity index (χ1) is 13.3. The van der Waals surface area contributed by atoms with Gasteiger partial charge in [0.25, 0.3) is 0 Å². The number of nitrogens with zero attached hydrogens (tertiary/aromatic N) is 2. The Kier molecular flexibility index (Phi) is 4.66. The van der Waals surface area contributed by atoms with E-state index in [-0.39, 0.29) is 5.97 Å². The molecule has 28 heavy (non-hydrogen) atoms. The fraction of sp³-hybridized carbons (Fsp3) is 0.304. The molecule has 4 rings (SSSR count). The summed E-state index contributed by atoms with van der Waals surface area (Å²) in [6, 6.07) is 16.6. The van der Waals surface area contributed by atoms with Gasteiger partial charge in [-0.05, 0) is 50.5 Å². The van der Waals surface area contributed by atoms with Crippen molar-refractivity contribution in [3.05, 3.63) is 76.5 Å². The van der Waals surface area contributed by atoms with E-state index in [1.165, 1.54) is 5.56 Å². The highest BCUT2D eigenvalue weighted by Gasteiger charge is 2.45. The fourth-order valence-corrected chi connectivity index (χ4v) is 4.34. The van der Waals surface area contributed by atoms with Crippen LogP contribution >= 0.6 is 15.9 Å². The highest BCUT2D eigenvalue weighted by Crippen LogP contribution is 2.49. The molecular weight excluding hydrogens is 416 g/mol. The second kappa shape index (κ2) is 6.89. The predicted octanol–water partition coefficient (Wildman–Crippen LogP) is 5.54. The molecule has 5 heteroatoms. The van der Waals surface area contributed by atoms with Gasteiger partial charge in [0, 0.05) is 28.9 Å². The average Bonchev–Trinajstić information content (AvgIpc) is 3.21. The van der Waals surface area contributed by atoms with E-state index >= 15 is 0 Å². The Bertz CT molecular complexity index is 1020. The molecule has 1 aliphatic heterocycles. The summed E-state index contributed by atoms with van der Waals surface area (Å²) in [4.78, 5) is 17.2. The molecule has 1 atom stereocenters. The van der Waals surface area contributed by atoms with E-state index in [4.69, 9.17) is 4.74 Å². The van der Waals surface area contributed by atoms with Crippen molar-refractivity contribution in [1.82, 2.24) is 9.55 Å². The van der Waals surface area contributed by atoms with Crippen LogP contribution in [0.4, 0.5) is 0 Å². The average molecular weight is 439 g/mol. The third-order valence-corrected chi connectivity index (χ3v) is 5.63. The highest BCUT2D eigenvalue weighted by molar-refractivity contribution is 9.10. The minimum absolute atomic E-state index is 0.185. The quantitative estimate of drug-likeness (QED) is 0.502. The lowest BCUT2D eigenvalue weighted by atomic mass is 9.79. The molecule has 0 saturated carbocycles. The maximum absolute atomic E-state index is 12.6. The maximum Gasteiger partial charge on any atom is 0.306 e. The molecule has 0 saturated heterocycles. The van der Waals surface area contributed by atoms with Crippen molar-refractivity contribution in [2.75, 3.05) is 0 Å². The number of ether oxygens (including phenoxy) is 1. The van der Waals surface area contributed by atoms with Gasteiger partial charge in [0.05, 0.1) is 5.54 Å². The summed E-state index contributed by atoms with van der Waals surface area (Å²) in [5, 5.41) is 0.